The molecule has 0 radical (unpaired) electrons. The van der Waals surface area contributed by atoms with Gasteiger partial charge in [-0.25, -0.2) is 8.42 Å². The largest absolute Gasteiger partial charge is 0.391 e. The molecule has 0 bridgehead atoms. The highest BCUT2D eigenvalue weighted by Crippen LogP contribution is 2.24. The number of hydrogen-bond donors (Lipinski definition) is 2. The smallest absolute Gasteiger partial charge is 0.175 e. The summed E-state index contributed by atoms with van der Waals surface area (Å²) in [5.74, 6) is 0.0645. The van der Waals surface area contributed by atoms with E-state index in [1.165, 1.54) is 6.26 Å². The first-order valence-corrected chi connectivity index (χ1v) is 8.88. The second-order valence-electron chi connectivity index (χ2n) is 5.50. The van der Waals surface area contributed by atoms with E-state index in [9.17, 15) is 13.5 Å². The van der Waals surface area contributed by atoms with Gasteiger partial charge in [0.05, 0.1) is 11.0 Å². The number of hydrogen-bond acceptors (Lipinski definition) is 4. The van der Waals surface area contributed by atoms with Gasteiger partial charge in [-0.1, -0.05) is 32.4 Å². The SMILES string of the molecule is CCCC(N)C(O)CC(C)c1cccc(S(C)(=O)=O)c1. The fourth-order valence-corrected chi connectivity index (χ4v) is 2.93. The number of nitrogens with two attached hydrogens (primary N) is 1. The molecule has 1 aromatic rings. The summed E-state index contributed by atoms with van der Waals surface area (Å²) >= 11 is 0. The molecule has 0 saturated heterocycles. The molecule has 0 saturated carbocycles. The van der Waals surface area contributed by atoms with Crippen molar-refractivity contribution < 1.29 is 13.5 Å². The van der Waals surface area contributed by atoms with Crippen LogP contribution < -0.4 is 5.73 Å². The van der Waals surface area contributed by atoms with Crippen molar-refractivity contribution in [3.8, 4) is 0 Å². The molecule has 3 unspecified atom stereocenters. The van der Waals surface area contributed by atoms with Gasteiger partial charge >= 0.3 is 0 Å². The van der Waals surface area contributed by atoms with Crippen LogP contribution in [0.4, 0.5) is 0 Å². The molecule has 1 aromatic carbocycles. The molecule has 114 valence electrons. The van der Waals surface area contributed by atoms with Crippen molar-refractivity contribution in [1.29, 1.82) is 0 Å². The summed E-state index contributed by atoms with van der Waals surface area (Å²) in [6.07, 6.45) is 2.90. The number of rotatable bonds is 7. The molecule has 0 aliphatic carbocycles. The van der Waals surface area contributed by atoms with Crippen molar-refractivity contribution in [1.82, 2.24) is 0 Å². The van der Waals surface area contributed by atoms with Gasteiger partial charge in [-0.15, -0.1) is 0 Å². The van der Waals surface area contributed by atoms with E-state index in [1.54, 1.807) is 18.2 Å². The van der Waals surface area contributed by atoms with Gasteiger partial charge in [0.15, 0.2) is 9.84 Å². The van der Waals surface area contributed by atoms with E-state index in [1.807, 2.05) is 19.9 Å². The first-order chi connectivity index (χ1) is 9.25. The molecular formula is C15H25NO3S. The average Bonchev–Trinajstić information content (AvgIpc) is 2.38. The molecule has 4 nitrogen and oxygen atoms in total. The summed E-state index contributed by atoms with van der Waals surface area (Å²) in [4.78, 5) is 0.314. The minimum Gasteiger partial charge on any atom is -0.391 e. The Morgan fingerprint density at radius 2 is 2.00 bits per heavy atom. The Hall–Kier alpha value is -0.910. The van der Waals surface area contributed by atoms with E-state index in [0.717, 1.165) is 18.4 Å². The average molecular weight is 299 g/mol. The molecule has 1 rings (SSSR count). The van der Waals surface area contributed by atoms with Crippen molar-refractivity contribution in [3.63, 3.8) is 0 Å². The molecule has 0 spiro atoms. The maximum atomic E-state index is 11.6. The Kier molecular flexibility index (Phi) is 6.17. The summed E-state index contributed by atoms with van der Waals surface area (Å²) < 4.78 is 23.1. The lowest BCUT2D eigenvalue weighted by molar-refractivity contribution is 0.124. The van der Waals surface area contributed by atoms with Crippen LogP contribution in [0.2, 0.25) is 0 Å². The van der Waals surface area contributed by atoms with Gasteiger partial charge in [-0.3, -0.25) is 0 Å². The van der Waals surface area contributed by atoms with Gasteiger partial charge < -0.3 is 10.8 Å². The Labute approximate surface area is 121 Å². The molecular weight excluding hydrogens is 274 g/mol. The number of sulfone groups is 1. The fourth-order valence-electron chi connectivity index (χ4n) is 2.25. The van der Waals surface area contributed by atoms with Crippen LogP contribution >= 0.6 is 0 Å². The standard InChI is InChI=1S/C15H25NO3S/c1-4-6-14(16)15(17)9-11(2)12-7-5-8-13(10-12)20(3,18)19/h5,7-8,10-11,14-15,17H,4,6,9,16H2,1-3H3. The van der Waals surface area contributed by atoms with Gasteiger partial charge in [-0.2, -0.15) is 0 Å². The zero-order valence-electron chi connectivity index (χ0n) is 12.4. The van der Waals surface area contributed by atoms with Gasteiger partial charge in [0, 0.05) is 12.3 Å². The number of aliphatic hydroxyl groups excluding tert-OH is 1. The minimum atomic E-state index is -3.20. The number of aliphatic hydroxyl groups is 1. The van der Waals surface area contributed by atoms with E-state index in [4.69, 9.17) is 5.73 Å². The molecule has 0 heterocycles. The molecule has 0 aliphatic heterocycles. The molecule has 0 aromatic heterocycles. The van der Waals surface area contributed by atoms with Crippen LogP contribution in [0.15, 0.2) is 29.2 Å². The van der Waals surface area contributed by atoms with Crippen molar-refractivity contribution >= 4 is 9.84 Å². The normalized spacial score (nSPS) is 16.6. The lowest BCUT2D eigenvalue weighted by atomic mass is 9.91. The molecule has 0 fully saturated rings. The maximum absolute atomic E-state index is 11.6. The monoisotopic (exact) mass is 299 g/mol. The lowest BCUT2D eigenvalue weighted by Crippen LogP contribution is -2.35. The van der Waals surface area contributed by atoms with Crippen LogP contribution in [0.1, 0.15) is 44.6 Å². The first kappa shape index (κ1) is 17.1. The molecule has 0 amide bonds. The van der Waals surface area contributed by atoms with Crippen LogP contribution in [0.5, 0.6) is 0 Å². The Morgan fingerprint density at radius 1 is 1.35 bits per heavy atom. The summed E-state index contributed by atoms with van der Waals surface area (Å²) in [6.45, 7) is 4.01. The first-order valence-electron chi connectivity index (χ1n) is 6.99. The van der Waals surface area contributed by atoms with Crippen molar-refractivity contribution in [2.75, 3.05) is 6.26 Å². The fraction of sp³-hybridized carbons (Fsp3) is 0.600. The highest BCUT2D eigenvalue weighted by Gasteiger charge is 2.19. The molecule has 3 N–H and O–H groups in total. The minimum absolute atomic E-state index is 0.0645. The van der Waals surface area contributed by atoms with Gasteiger partial charge in [0.1, 0.15) is 0 Å². The van der Waals surface area contributed by atoms with Crippen molar-refractivity contribution in [2.24, 2.45) is 5.73 Å². The van der Waals surface area contributed by atoms with Crippen LogP contribution in [0, 0.1) is 0 Å². The van der Waals surface area contributed by atoms with E-state index >= 15 is 0 Å². The van der Waals surface area contributed by atoms with Crippen LogP contribution in [0.25, 0.3) is 0 Å². The van der Waals surface area contributed by atoms with Crippen LogP contribution in [-0.4, -0.2) is 31.9 Å². The third-order valence-corrected chi connectivity index (χ3v) is 4.68. The van der Waals surface area contributed by atoms with Gasteiger partial charge in [-0.05, 0) is 36.5 Å². The molecule has 3 atom stereocenters. The van der Waals surface area contributed by atoms with Crippen LogP contribution in [0.3, 0.4) is 0 Å². The third kappa shape index (κ3) is 4.89. The van der Waals surface area contributed by atoms with Crippen LogP contribution in [-0.2, 0) is 9.84 Å². The second kappa shape index (κ2) is 7.20. The number of benzene rings is 1. The quantitative estimate of drug-likeness (QED) is 0.807. The van der Waals surface area contributed by atoms with E-state index in [2.05, 4.69) is 0 Å². The topological polar surface area (TPSA) is 80.4 Å². The predicted octanol–water partition coefficient (Wildman–Crippen LogP) is 2.07. The second-order valence-corrected chi connectivity index (χ2v) is 7.52. The lowest BCUT2D eigenvalue weighted by Gasteiger charge is -2.22. The highest BCUT2D eigenvalue weighted by atomic mass is 32.2. The Morgan fingerprint density at radius 3 is 2.55 bits per heavy atom. The molecule has 0 aliphatic rings. The Bertz CT molecular complexity index is 528. The van der Waals surface area contributed by atoms with Gasteiger partial charge in [0.2, 0.25) is 0 Å². The highest BCUT2D eigenvalue weighted by molar-refractivity contribution is 7.90. The summed E-state index contributed by atoms with van der Waals surface area (Å²) in [5, 5.41) is 10.1. The molecule has 5 heteroatoms. The summed E-state index contributed by atoms with van der Waals surface area (Å²) in [7, 11) is -3.20. The maximum Gasteiger partial charge on any atom is 0.175 e. The van der Waals surface area contributed by atoms with E-state index in [0.29, 0.717) is 11.3 Å². The van der Waals surface area contributed by atoms with Crippen molar-refractivity contribution in [3.05, 3.63) is 29.8 Å². The predicted molar refractivity (Wildman–Crippen MR) is 81.5 cm³/mol. The summed E-state index contributed by atoms with van der Waals surface area (Å²) in [5.41, 5.74) is 6.82. The Balaban J connectivity index is 2.80. The summed E-state index contributed by atoms with van der Waals surface area (Å²) in [6, 6.07) is 6.67. The van der Waals surface area contributed by atoms with Gasteiger partial charge in [0.25, 0.3) is 0 Å². The van der Waals surface area contributed by atoms with E-state index in [-0.39, 0.29) is 12.0 Å². The molecule has 20 heavy (non-hydrogen) atoms. The van der Waals surface area contributed by atoms with Crippen molar-refractivity contribution in [2.45, 2.75) is 56.1 Å². The van der Waals surface area contributed by atoms with E-state index < -0.39 is 15.9 Å². The zero-order valence-corrected chi connectivity index (χ0v) is 13.2. The third-order valence-electron chi connectivity index (χ3n) is 3.57. The zero-order chi connectivity index (χ0) is 15.3.